The van der Waals surface area contributed by atoms with Crippen LogP contribution in [0.5, 0.6) is 5.75 Å². The molecule has 2 N–H and O–H groups in total. The third kappa shape index (κ3) is 3.71. The Hall–Kier alpha value is -3.09. The van der Waals surface area contributed by atoms with E-state index < -0.39 is 18.0 Å². The second kappa shape index (κ2) is 6.80. The Labute approximate surface area is 144 Å². The SMILES string of the molecule is CCc1oc(C(=O)Oc2ccc(C[C@H]3NC(=O)NC3=O)cc2)cc1C. The standard InChI is InChI=1S/C18H18N2O5/c1-3-14-10(2)8-15(25-14)17(22)24-12-6-4-11(5-7-12)9-13-16(21)20-18(23)19-13/h4-8,13H,3,9H2,1-2H3,(H2,19,20,21,23)/t13-/m1/s1. The first-order valence-corrected chi connectivity index (χ1v) is 7.98. The van der Waals surface area contributed by atoms with Crippen LogP contribution in [0.1, 0.15) is 34.4 Å². The topological polar surface area (TPSA) is 97.6 Å². The molecule has 0 bridgehead atoms. The molecular formula is C18H18N2O5. The number of furan rings is 1. The lowest BCUT2D eigenvalue weighted by atomic mass is 10.1. The fourth-order valence-electron chi connectivity index (χ4n) is 2.66. The van der Waals surface area contributed by atoms with Crippen LogP contribution in [0.2, 0.25) is 0 Å². The Bertz CT molecular complexity index is 822. The normalized spacial score (nSPS) is 16.5. The van der Waals surface area contributed by atoms with Crippen LogP contribution in [0.4, 0.5) is 4.79 Å². The molecule has 2 heterocycles. The predicted molar refractivity (Wildman–Crippen MR) is 88.4 cm³/mol. The third-order valence-corrected chi connectivity index (χ3v) is 3.98. The van der Waals surface area contributed by atoms with Gasteiger partial charge < -0.3 is 14.5 Å². The van der Waals surface area contributed by atoms with Crippen LogP contribution in [0.3, 0.4) is 0 Å². The maximum Gasteiger partial charge on any atom is 0.379 e. The average molecular weight is 342 g/mol. The van der Waals surface area contributed by atoms with Crippen molar-refractivity contribution in [2.75, 3.05) is 0 Å². The molecule has 7 nitrogen and oxygen atoms in total. The van der Waals surface area contributed by atoms with E-state index in [-0.39, 0.29) is 11.7 Å². The van der Waals surface area contributed by atoms with Gasteiger partial charge in [-0.3, -0.25) is 10.1 Å². The number of hydrogen-bond acceptors (Lipinski definition) is 5. The van der Waals surface area contributed by atoms with Crippen molar-refractivity contribution in [2.24, 2.45) is 0 Å². The van der Waals surface area contributed by atoms with Crippen LogP contribution in [0.15, 0.2) is 34.7 Å². The van der Waals surface area contributed by atoms with Crippen molar-refractivity contribution in [1.82, 2.24) is 10.6 Å². The summed E-state index contributed by atoms with van der Waals surface area (Å²) < 4.78 is 10.8. The molecule has 0 spiro atoms. The Kier molecular flexibility index (Phi) is 4.56. The van der Waals surface area contributed by atoms with Gasteiger partial charge in [-0.25, -0.2) is 9.59 Å². The summed E-state index contributed by atoms with van der Waals surface area (Å²) in [5.41, 5.74) is 1.76. The zero-order valence-electron chi connectivity index (χ0n) is 13.9. The maximum atomic E-state index is 12.1. The molecule has 7 heteroatoms. The molecule has 0 unspecified atom stereocenters. The van der Waals surface area contributed by atoms with Gasteiger partial charge in [0.1, 0.15) is 17.6 Å². The molecule has 0 saturated carbocycles. The first kappa shape index (κ1) is 16.8. The lowest BCUT2D eigenvalue weighted by molar-refractivity contribution is -0.120. The van der Waals surface area contributed by atoms with Crippen LogP contribution in [0, 0.1) is 6.92 Å². The number of esters is 1. The number of nitrogens with one attached hydrogen (secondary N) is 2. The Morgan fingerprint density at radius 2 is 1.96 bits per heavy atom. The van der Waals surface area contributed by atoms with E-state index in [1.165, 1.54) is 0 Å². The molecule has 1 aromatic carbocycles. The molecule has 25 heavy (non-hydrogen) atoms. The van der Waals surface area contributed by atoms with E-state index in [0.29, 0.717) is 18.6 Å². The number of carbonyl (C=O) groups is 3. The van der Waals surface area contributed by atoms with Gasteiger partial charge in [0.05, 0.1) is 0 Å². The zero-order chi connectivity index (χ0) is 18.0. The van der Waals surface area contributed by atoms with Crippen LogP contribution in [-0.4, -0.2) is 23.9 Å². The second-order valence-electron chi connectivity index (χ2n) is 5.82. The number of aryl methyl sites for hydroxylation is 2. The number of imide groups is 1. The van der Waals surface area contributed by atoms with Crippen LogP contribution >= 0.6 is 0 Å². The average Bonchev–Trinajstić information content (AvgIpc) is 3.11. The molecule has 3 rings (SSSR count). The van der Waals surface area contributed by atoms with Crippen molar-refractivity contribution < 1.29 is 23.5 Å². The fourth-order valence-corrected chi connectivity index (χ4v) is 2.66. The first-order chi connectivity index (χ1) is 12.0. The van der Waals surface area contributed by atoms with Crippen LogP contribution < -0.4 is 15.4 Å². The number of hydrogen-bond donors (Lipinski definition) is 2. The summed E-state index contributed by atoms with van der Waals surface area (Å²) in [6.45, 7) is 3.83. The number of benzene rings is 1. The quantitative estimate of drug-likeness (QED) is 0.493. The van der Waals surface area contributed by atoms with E-state index in [9.17, 15) is 14.4 Å². The molecule has 2 aromatic rings. The Balaban J connectivity index is 1.63. The van der Waals surface area contributed by atoms with Crippen molar-refractivity contribution in [3.8, 4) is 5.75 Å². The van der Waals surface area contributed by atoms with Gasteiger partial charge in [0.25, 0.3) is 5.91 Å². The van der Waals surface area contributed by atoms with Crippen LogP contribution in [-0.2, 0) is 17.6 Å². The highest BCUT2D eigenvalue weighted by atomic mass is 16.5. The van der Waals surface area contributed by atoms with Gasteiger partial charge >= 0.3 is 12.0 Å². The number of amides is 3. The maximum absolute atomic E-state index is 12.1. The summed E-state index contributed by atoms with van der Waals surface area (Å²) in [7, 11) is 0. The molecule has 0 radical (unpaired) electrons. The number of rotatable bonds is 5. The van der Waals surface area contributed by atoms with Gasteiger partial charge in [0, 0.05) is 12.8 Å². The van der Waals surface area contributed by atoms with Gasteiger partial charge in [-0.05, 0) is 36.2 Å². The fraction of sp³-hybridized carbons (Fsp3) is 0.278. The molecule has 1 aliphatic heterocycles. The number of carbonyl (C=O) groups excluding carboxylic acids is 3. The van der Waals surface area contributed by atoms with Gasteiger partial charge in [-0.1, -0.05) is 19.1 Å². The molecule has 0 aliphatic carbocycles. The Morgan fingerprint density at radius 3 is 2.52 bits per heavy atom. The van der Waals surface area contributed by atoms with Crippen molar-refractivity contribution in [3.63, 3.8) is 0 Å². The summed E-state index contributed by atoms with van der Waals surface area (Å²) in [5.74, 6) is 0.405. The largest absolute Gasteiger partial charge is 0.454 e. The van der Waals surface area contributed by atoms with Crippen molar-refractivity contribution in [1.29, 1.82) is 0 Å². The lowest BCUT2D eigenvalue weighted by Gasteiger charge is -2.08. The molecule has 1 aromatic heterocycles. The van der Waals surface area contributed by atoms with Crippen molar-refractivity contribution >= 4 is 17.9 Å². The highest BCUT2D eigenvalue weighted by molar-refractivity contribution is 6.04. The highest BCUT2D eigenvalue weighted by Crippen LogP contribution is 2.19. The monoisotopic (exact) mass is 342 g/mol. The third-order valence-electron chi connectivity index (χ3n) is 3.98. The summed E-state index contributed by atoms with van der Waals surface area (Å²) in [6.07, 6.45) is 1.07. The highest BCUT2D eigenvalue weighted by Gasteiger charge is 2.29. The van der Waals surface area contributed by atoms with E-state index in [2.05, 4.69) is 10.6 Å². The molecule has 1 aliphatic rings. The van der Waals surface area contributed by atoms with Gasteiger partial charge in [-0.2, -0.15) is 0 Å². The van der Waals surface area contributed by atoms with E-state index in [0.717, 1.165) is 16.9 Å². The predicted octanol–water partition coefficient (Wildman–Crippen LogP) is 2.12. The molecule has 3 amide bonds. The molecule has 130 valence electrons. The minimum Gasteiger partial charge on any atom is -0.454 e. The van der Waals surface area contributed by atoms with E-state index in [4.69, 9.17) is 9.15 Å². The first-order valence-electron chi connectivity index (χ1n) is 7.98. The lowest BCUT2D eigenvalue weighted by Crippen LogP contribution is -2.31. The zero-order valence-corrected chi connectivity index (χ0v) is 13.9. The molecular weight excluding hydrogens is 324 g/mol. The summed E-state index contributed by atoms with van der Waals surface area (Å²) >= 11 is 0. The smallest absolute Gasteiger partial charge is 0.379 e. The summed E-state index contributed by atoms with van der Waals surface area (Å²) in [5, 5.41) is 4.72. The minimum atomic E-state index is -0.584. The van der Waals surface area contributed by atoms with Gasteiger partial charge in [-0.15, -0.1) is 0 Å². The van der Waals surface area contributed by atoms with E-state index in [1.54, 1.807) is 30.3 Å². The van der Waals surface area contributed by atoms with Crippen molar-refractivity contribution in [3.05, 3.63) is 53.0 Å². The summed E-state index contributed by atoms with van der Waals surface area (Å²) in [4.78, 5) is 34.8. The van der Waals surface area contributed by atoms with Gasteiger partial charge in [0.2, 0.25) is 5.76 Å². The molecule has 1 saturated heterocycles. The van der Waals surface area contributed by atoms with E-state index >= 15 is 0 Å². The molecule has 1 fully saturated rings. The van der Waals surface area contributed by atoms with E-state index in [1.807, 2.05) is 13.8 Å². The number of ether oxygens (including phenoxy) is 1. The second-order valence-corrected chi connectivity index (χ2v) is 5.82. The van der Waals surface area contributed by atoms with Gasteiger partial charge in [0.15, 0.2) is 0 Å². The van der Waals surface area contributed by atoms with Crippen LogP contribution in [0.25, 0.3) is 0 Å². The molecule has 1 atom stereocenters. The minimum absolute atomic E-state index is 0.170. The Morgan fingerprint density at radius 1 is 1.24 bits per heavy atom. The van der Waals surface area contributed by atoms with Crippen molar-refractivity contribution in [2.45, 2.75) is 32.7 Å². The summed E-state index contributed by atoms with van der Waals surface area (Å²) in [6, 6.07) is 7.35. The number of urea groups is 1.